The Morgan fingerprint density at radius 2 is 1.75 bits per heavy atom. The van der Waals surface area contributed by atoms with Crippen molar-refractivity contribution in [2.45, 2.75) is 57.9 Å². The van der Waals surface area contributed by atoms with Crippen molar-refractivity contribution in [3.63, 3.8) is 0 Å². The molecule has 118 valence electrons. The monoisotopic (exact) mass is 284 g/mol. The lowest BCUT2D eigenvalue weighted by Gasteiger charge is -2.34. The second-order valence-corrected chi connectivity index (χ2v) is 6.44. The van der Waals surface area contributed by atoms with E-state index in [1.165, 1.54) is 12.8 Å². The highest BCUT2D eigenvalue weighted by Gasteiger charge is 2.24. The second-order valence-electron chi connectivity index (χ2n) is 6.44. The van der Waals surface area contributed by atoms with E-state index in [4.69, 9.17) is 5.11 Å². The molecule has 4 heteroatoms. The number of carbonyl (C=O) groups is 1. The predicted octanol–water partition coefficient (Wildman–Crippen LogP) is 2.12. The van der Waals surface area contributed by atoms with Crippen molar-refractivity contribution in [2.75, 3.05) is 33.8 Å². The van der Waals surface area contributed by atoms with Gasteiger partial charge in [0, 0.05) is 19.7 Å². The fraction of sp³-hybridized carbons (Fsp3) is 0.938. The Labute approximate surface area is 124 Å². The van der Waals surface area contributed by atoms with E-state index in [0.29, 0.717) is 12.6 Å². The van der Waals surface area contributed by atoms with E-state index < -0.39 is 0 Å². The molecule has 1 aliphatic carbocycles. The summed E-state index contributed by atoms with van der Waals surface area (Å²) in [4.78, 5) is 16.3. The molecule has 0 aliphatic heterocycles. The van der Waals surface area contributed by atoms with Crippen molar-refractivity contribution in [1.29, 1.82) is 0 Å². The molecule has 1 amide bonds. The zero-order chi connectivity index (χ0) is 15.0. The van der Waals surface area contributed by atoms with Crippen LogP contribution in [0.2, 0.25) is 0 Å². The molecule has 1 aliphatic rings. The summed E-state index contributed by atoms with van der Waals surface area (Å²) in [6.07, 6.45) is 7.76. The molecule has 20 heavy (non-hydrogen) atoms. The van der Waals surface area contributed by atoms with Crippen molar-refractivity contribution in [3.05, 3.63) is 0 Å². The number of aliphatic hydroxyl groups is 1. The largest absolute Gasteiger partial charge is 0.396 e. The van der Waals surface area contributed by atoms with Crippen LogP contribution >= 0.6 is 0 Å². The van der Waals surface area contributed by atoms with Gasteiger partial charge in [-0.25, -0.2) is 0 Å². The van der Waals surface area contributed by atoms with Crippen molar-refractivity contribution >= 4 is 5.91 Å². The molecular weight excluding hydrogens is 252 g/mol. The van der Waals surface area contributed by atoms with Gasteiger partial charge in [-0.1, -0.05) is 6.92 Å². The van der Waals surface area contributed by atoms with Crippen LogP contribution in [0.4, 0.5) is 0 Å². The number of nitrogens with zero attached hydrogens (tertiary/aromatic N) is 2. The fourth-order valence-corrected chi connectivity index (χ4v) is 2.93. The van der Waals surface area contributed by atoms with E-state index in [1.807, 2.05) is 19.0 Å². The summed E-state index contributed by atoms with van der Waals surface area (Å²) in [6.45, 7) is 4.02. The molecule has 0 unspecified atom stereocenters. The number of rotatable bonds is 8. The van der Waals surface area contributed by atoms with E-state index >= 15 is 0 Å². The van der Waals surface area contributed by atoms with Crippen LogP contribution in [0, 0.1) is 5.92 Å². The second kappa shape index (κ2) is 9.35. The van der Waals surface area contributed by atoms with Gasteiger partial charge >= 0.3 is 0 Å². The van der Waals surface area contributed by atoms with Crippen LogP contribution < -0.4 is 0 Å². The van der Waals surface area contributed by atoms with Gasteiger partial charge in [0.25, 0.3) is 0 Å². The van der Waals surface area contributed by atoms with Crippen LogP contribution in [-0.4, -0.2) is 60.6 Å². The lowest BCUT2D eigenvalue weighted by Crippen LogP contribution is -2.44. The van der Waals surface area contributed by atoms with Crippen molar-refractivity contribution < 1.29 is 9.90 Å². The van der Waals surface area contributed by atoms with Gasteiger partial charge in [-0.3, -0.25) is 9.69 Å². The summed E-state index contributed by atoms with van der Waals surface area (Å²) in [6, 6.07) is 0.446. The van der Waals surface area contributed by atoms with E-state index in [2.05, 4.69) is 11.8 Å². The maximum atomic E-state index is 12.3. The number of likely N-dealkylation sites (N-methyl/N-ethyl adjacent to an activating group) is 2. The zero-order valence-electron chi connectivity index (χ0n) is 13.5. The van der Waals surface area contributed by atoms with Gasteiger partial charge in [-0.2, -0.15) is 0 Å². The van der Waals surface area contributed by atoms with Gasteiger partial charge in [0.15, 0.2) is 0 Å². The summed E-state index contributed by atoms with van der Waals surface area (Å²) in [5, 5.41) is 8.74. The van der Waals surface area contributed by atoms with Gasteiger partial charge in [0.05, 0.1) is 6.54 Å². The van der Waals surface area contributed by atoms with Gasteiger partial charge < -0.3 is 10.0 Å². The molecule has 0 heterocycles. The van der Waals surface area contributed by atoms with E-state index in [1.54, 1.807) is 0 Å². The highest BCUT2D eigenvalue weighted by Crippen LogP contribution is 2.26. The molecule has 1 fully saturated rings. The first-order valence-corrected chi connectivity index (χ1v) is 8.09. The Morgan fingerprint density at radius 3 is 2.35 bits per heavy atom. The third kappa shape index (κ3) is 6.23. The van der Waals surface area contributed by atoms with Crippen LogP contribution in [0.25, 0.3) is 0 Å². The first kappa shape index (κ1) is 17.4. The van der Waals surface area contributed by atoms with Crippen LogP contribution in [0.1, 0.15) is 51.9 Å². The molecular formula is C16H32N2O2. The van der Waals surface area contributed by atoms with E-state index in [9.17, 15) is 4.79 Å². The molecule has 0 bridgehead atoms. The van der Waals surface area contributed by atoms with Crippen molar-refractivity contribution in [2.24, 2.45) is 5.92 Å². The summed E-state index contributed by atoms with van der Waals surface area (Å²) in [7, 11) is 3.97. The van der Waals surface area contributed by atoms with Crippen LogP contribution in [0.3, 0.4) is 0 Å². The van der Waals surface area contributed by atoms with Gasteiger partial charge in [-0.15, -0.1) is 0 Å². The van der Waals surface area contributed by atoms with E-state index in [-0.39, 0.29) is 12.5 Å². The molecule has 1 saturated carbocycles. The highest BCUT2D eigenvalue weighted by atomic mass is 16.2. The minimum Gasteiger partial charge on any atom is -0.396 e. The Morgan fingerprint density at radius 1 is 1.10 bits per heavy atom. The van der Waals surface area contributed by atoms with Crippen LogP contribution in [0.15, 0.2) is 0 Å². The zero-order valence-corrected chi connectivity index (χ0v) is 13.5. The molecule has 0 spiro atoms. The smallest absolute Gasteiger partial charge is 0.236 e. The normalized spacial score (nSPS) is 23.1. The molecule has 0 atom stereocenters. The first-order valence-electron chi connectivity index (χ1n) is 8.09. The number of hydrogen-bond acceptors (Lipinski definition) is 3. The molecule has 0 aromatic heterocycles. The summed E-state index contributed by atoms with van der Waals surface area (Å²) in [5.74, 6) is 1.07. The molecule has 1 rings (SSSR count). The molecule has 0 saturated heterocycles. The minimum atomic E-state index is 0.245. The van der Waals surface area contributed by atoms with Crippen LogP contribution in [-0.2, 0) is 4.79 Å². The molecule has 4 nitrogen and oxygen atoms in total. The van der Waals surface area contributed by atoms with Gasteiger partial charge in [0.1, 0.15) is 0 Å². The third-order valence-corrected chi connectivity index (χ3v) is 4.53. The number of hydrogen-bond donors (Lipinski definition) is 1. The number of amides is 1. The molecule has 0 aromatic carbocycles. The minimum absolute atomic E-state index is 0.245. The van der Waals surface area contributed by atoms with Crippen LogP contribution in [0.5, 0.6) is 0 Å². The lowest BCUT2D eigenvalue weighted by molar-refractivity contribution is -0.133. The fourth-order valence-electron chi connectivity index (χ4n) is 2.93. The lowest BCUT2D eigenvalue weighted by atomic mass is 9.87. The number of unbranched alkanes of at least 4 members (excludes halogenated alkanes) is 2. The maximum Gasteiger partial charge on any atom is 0.236 e. The SMILES string of the molecule is CC1CCC(N(C)C(=O)CN(C)CCCCCO)CC1. The topological polar surface area (TPSA) is 43.8 Å². The first-order chi connectivity index (χ1) is 9.54. The van der Waals surface area contributed by atoms with E-state index in [0.717, 1.165) is 44.6 Å². The highest BCUT2D eigenvalue weighted by molar-refractivity contribution is 5.78. The number of carbonyl (C=O) groups excluding carboxylic acids is 1. The summed E-state index contributed by atoms with van der Waals surface area (Å²) in [5.41, 5.74) is 0. The molecule has 1 N–H and O–H groups in total. The Hall–Kier alpha value is -0.610. The Kier molecular flexibility index (Phi) is 8.15. The van der Waals surface area contributed by atoms with Crippen molar-refractivity contribution in [3.8, 4) is 0 Å². The quantitative estimate of drug-likeness (QED) is 0.694. The molecule has 0 radical (unpaired) electrons. The Bertz CT molecular complexity index is 276. The number of aliphatic hydroxyl groups excluding tert-OH is 1. The summed E-state index contributed by atoms with van der Waals surface area (Å²) >= 11 is 0. The van der Waals surface area contributed by atoms with Gasteiger partial charge in [-0.05, 0) is 64.5 Å². The standard InChI is InChI=1S/C16H32N2O2/c1-14-7-9-15(10-8-14)18(3)16(20)13-17(2)11-5-4-6-12-19/h14-15,19H,4-13H2,1-3H3. The van der Waals surface area contributed by atoms with Crippen molar-refractivity contribution in [1.82, 2.24) is 9.80 Å². The Balaban J connectivity index is 2.23. The predicted molar refractivity (Wildman–Crippen MR) is 82.6 cm³/mol. The average Bonchev–Trinajstić information content (AvgIpc) is 2.43. The third-order valence-electron chi connectivity index (χ3n) is 4.53. The summed E-state index contributed by atoms with van der Waals surface area (Å²) < 4.78 is 0. The van der Waals surface area contributed by atoms with Gasteiger partial charge in [0.2, 0.25) is 5.91 Å². The maximum absolute atomic E-state index is 12.3. The average molecular weight is 284 g/mol. The molecule has 0 aromatic rings.